The lowest BCUT2D eigenvalue weighted by Gasteiger charge is -2.31. The number of ether oxygens (including phenoxy) is 1. The average Bonchev–Trinajstić information content (AvgIpc) is 2.72. The highest BCUT2D eigenvalue weighted by Gasteiger charge is 2.31. The van der Waals surface area contributed by atoms with Crippen molar-refractivity contribution >= 4 is 33.0 Å². The minimum absolute atomic E-state index is 0.348. The van der Waals surface area contributed by atoms with Gasteiger partial charge in [0, 0.05) is 6.54 Å². The number of hydrogen-bond donors (Lipinski definition) is 0. The summed E-state index contributed by atoms with van der Waals surface area (Å²) in [5.74, 6) is 0.717. The molecule has 0 atom stereocenters. The Morgan fingerprint density at radius 2 is 1.72 bits per heavy atom. The van der Waals surface area contributed by atoms with E-state index >= 15 is 0 Å². The zero-order chi connectivity index (χ0) is 20.9. The van der Waals surface area contributed by atoms with Crippen molar-refractivity contribution in [2.45, 2.75) is 49.3 Å². The predicted octanol–water partition coefficient (Wildman–Crippen LogP) is 5.61. The van der Waals surface area contributed by atoms with Crippen LogP contribution < -0.4 is 4.74 Å². The summed E-state index contributed by atoms with van der Waals surface area (Å²) >= 11 is 12.1. The zero-order valence-corrected chi connectivity index (χ0v) is 18.9. The summed E-state index contributed by atoms with van der Waals surface area (Å²) in [5, 5.41) is 0.741. The van der Waals surface area contributed by atoms with E-state index < -0.39 is 9.84 Å². The van der Waals surface area contributed by atoms with Gasteiger partial charge in [-0.15, -0.1) is 0 Å². The molecule has 2 aromatic rings. The molecule has 0 amide bonds. The van der Waals surface area contributed by atoms with Gasteiger partial charge in [-0.2, -0.15) is 0 Å². The van der Waals surface area contributed by atoms with Gasteiger partial charge in [0.1, 0.15) is 5.75 Å². The molecule has 1 aliphatic heterocycles. The van der Waals surface area contributed by atoms with E-state index in [0.29, 0.717) is 40.1 Å². The number of halogens is 2. The number of piperidine rings is 1. The lowest BCUT2D eigenvalue weighted by molar-refractivity contribution is 0.222. The van der Waals surface area contributed by atoms with E-state index in [1.807, 2.05) is 12.1 Å². The molecule has 1 saturated heterocycles. The highest BCUT2D eigenvalue weighted by molar-refractivity contribution is 7.92. The maximum atomic E-state index is 13.0. The maximum Gasteiger partial charge on any atom is 0.181 e. The fraction of sp³-hybridized carbons (Fsp3) is 0.455. The van der Waals surface area contributed by atoms with E-state index in [1.165, 1.54) is 0 Å². The molecule has 0 radical (unpaired) electrons. The van der Waals surface area contributed by atoms with Crippen LogP contribution in [0.5, 0.6) is 5.75 Å². The summed E-state index contributed by atoms with van der Waals surface area (Å²) in [4.78, 5) is 2.64. The molecule has 7 heteroatoms. The van der Waals surface area contributed by atoms with Crippen LogP contribution in [0.4, 0.5) is 0 Å². The molecule has 1 aliphatic rings. The van der Waals surface area contributed by atoms with Crippen molar-refractivity contribution in [3.63, 3.8) is 0 Å². The van der Waals surface area contributed by atoms with Crippen LogP contribution in [-0.2, 0) is 16.4 Å². The molecular weight excluding hydrogens is 429 g/mol. The van der Waals surface area contributed by atoms with Gasteiger partial charge in [0.05, 0.1) is 26.8 Å². The molecule has 1 fully saturated rings. The smallest absolute Gasteiger partial charge is 0.181 e. The second kappa shape index (κ2) is 10.2. The molecule has 0 aliphatic carbocycles. The third-order valence-corrected chi connectivity index (χ3v) is 8.30. The van der Waals surface area contributed by atoms with Crippen molar-refractivity contribution in [1.82, 2.24) is 4.90 Å². The van der Waals surface area contributed by atoms with Gasteiger partial charge in [0.25, 0.3) is 0 Å². The highest BCUT2D eigenvalue weighted by atomic mass is 35.5. The van der Waals surface area contributed by atoms with Crippen molar-refractivity contribution in [3.8, 4) is 5.75 Å². The van der Waals surface area contributed by atoms with E-state index in [9.17, 15) is 8.42 Å². The molecule has 0 bridgehead atoms. The maximum absolute atomic E-state index is 13.0. The Labute approximate surface area is 183 Å². The summed E-state index contributed by atoms with van der Waals surface area (Å²) in [5.41, 5.74) is 1.08. The Hall–Kier alpha value is -1.27. The minimum atomic E-state index is -3.33. The molecule has 4 nitrogen and oxygen atoms in total. The van der Waals surface area contributed by atoms with Gasteiger partial charge >= 0.3 is 0 Å². The molecular formula is C22H27Cl2NO3S. The lowest BCUT2D eigenvalue weighted by atomic mass is 10.1. The molecule has 0 aromatic heterocycles. The fourth-order valence-corrected chi connectivity index (χ4v) is 5.58. The van der Waals surface area contributed by atoms with E-state index in [1.54, 1.807) is 30.3 Å². The predicted molar refractivity (Wildman–Crippen MR) is 119 cm³/mol. The Morgan fingerprint density at radius 1 is 1.03 bits per heavy atom. The van der Waals surface area contributed by atoms with Crippen LogP contribution in [-0.4, -0.2) is 38.3 Å². The van der Waals surface area contributed by atoms with E-state index in [2.05, 4.69) is 11.8 Å². The Balaban J connectivity index is 1.56. The normalized spacial score (nSPS) is 16.1. The number of sulfone groups is 1. The van der Waals surface area contributed by atoms with Gasteiger partial charge in [-0.05, 0) is 74.3 Å². The fourth-order valence-electron chi connectivity index (χ4n) is 3.53. The monoisotopic (exact) mass is 455 g/mol. The van der Waals surface area contributed by atoms with Gasteiger partial charge in [0.2, 0.25) is 0 Å². The second-order valence-corrected chi connectivity index (χ2v) is 10.5. The minimum Gasteiger partial charge on any atom is -0.494 e. The third kappa shape index (κ3) is 5.88. The molecule has 0 N–H and O–H groups in total. The quantitative estimate of drug-likeness (QED) is 0.485. The van der Waals surface area contributed by atoms with E-state index in [-0.39, 0.29) is 5.25 Å². The van der Waals surface area contributed by atoms with Crippen molar-refractivity contribution in [2.24, 2.45) is 0 Å². The highest BCUT2D eigenvalue weighted by Crippen LogP contribution is 2.28. The summed E-state index contributed by atoms with van der Waals surface area (Å²) in [6, 6.07) is 12.5. The Bertz CT molecular complexity index is 908. The van der Waals surface area contributed by atoms with Crippen LogP contribution in [0, 0.1) is 0 Å². The van der Waals surface area contributed by atoms with Gasteiger partial charge in [0.15, 0.2) is 9.84 Å². The van der Waals surface area contributed by atoms with Crippen LogP contribution in [0.2, 0.25) is 10.0 Å². The summed E-state index contributed by atoms with van der Waals surface area (Å²) in [7, 11) is -3.33. The first-order valence-corrected chi connectivity index (χ1v) is 12.3. The molecule has 0 unspecified atom stereocenters. The molecule has 2 aromatic carbocycles. The third-order valence-electron chi connectivity index (χ3n) is 5.28. The standard InChI is InChI=1S/C22H27Cl2NO3S/c1-2-3-14-28-18-5-7-19(8-6-18)29(26,27)20-10-12-25(13-11-20)16-17-4-9-21(23)22(24)15-17/h4-9,15,20H,2-3,10-14,16H2,1H3. The number of unbranched alkanes of at least 4 members (excludes halogenated alkanes) is 1. The summed E-state index contributed by atoms with van der Waals surface area (Å²) in [6.07, 6.45) is 3.30. The average molecular weight is 456 g/mol. The summed E-state index contributed by atoms with van der Waals surface area (Å²) < 4.78 is 31.7. The Kier molecular flexibility index (Phi) is 7.85. The summed E-state index contributed by atoms with van der Waals surface area (Å²) in [6.45, 7) is 4.98. The van der Waals surface area contributed by atoms with Gasteiger partial charge < -0.3 is 4.74 Å². The number of nitrogens with zero attached hydrogens (tertiary/aromatic N) is 1. The SMILES string of the molecule is CCCCOc1ccc(S(=O)(=O)C2CCN(Cc3ccc(Cl)c(Cl)c3)CC2)cc1. The number of rotatable bonds is 8. The molecule has 158 valence electrons. The molecule has 1 heterocycles. The number of benzene rings is 2. The second-order valence-electron chi connectivity index (χ2n) is 7.44. The lowest BCUT2D eigenvalue weighted by Crippen LogP contribution is -2.38. The number of likely N-dealkylation sites (tertiary alicyclic amines) is 1. The molecule has 0 spiro atoms. The number of hydrogen-bond acceptors (Lipinski definition) is 4. The van der Waals surface area contributed by atoms with Crippen molar-refractivity contribution < 1.29 is 13.2 Å². The van der Waals surface area contributed by atoms with Crippen LogP contribution in [0.1, 0.15) is 38.2 Å². The van der Waals surface area contributed by atoms with E-state index in [4.69, 9.17) is 27.9 Å². The van der Waals surface area contributed by atoms with Crippen molar-refractivity contribution in [3.05, 3.63) is 58.1 Å². The van der Waals surface area contributed by atoms with E-state index in [0.717, 1.165) is 38.0 Å². The zero-order valence-electron chi connectivity index (χ0n) is 16.6. The molecule has 0 saturated carbocycles. The van der Waals surface area contributed by atoms with Crippen molar-refractivity contribution in [1.29, 1.82) is 0 Å². The Morgan fingerprint density at radius 3 is 2.34 bits per heavy atom. The molecule has 3 rings (SSSR count). The van der Waals surface area contributed by atoms with Gasteiger partial charge in [-0.25, -0.2) is 8.42 Å². The van der Waals surface area contributed by atoms with Crippen LogP contribution in [0.15, 0.2) is 47.4 Å². The van der Waals surface area contributed by atoms with Crippen LogP contribution in [0.25, 0.3) is 0 Å². The van der Waals surface area contributed by atoms with Gasteiger partial charge in [-0.3, -0.25) is 4.90 Å². The largest absolute Gasteiger partial charge is 0.494 e. The van der Waals surface area contributed by atoms with Crippen LogP contribution in [0.3, 0.4) is 0 Å². The van der Waals surface area contributed by atoms with Gasteiger partial charge in [-0.1, -0.05) is 42.6 Å². The van der Waals surface area contributed by atoms with Crippen LogP contribution >= 0.6 is 23.2 Å². The topological polar surface area (TPSA) is 46.6 Å². The molecule has 29 heavy (non-hydrogen) atoms. The van der Waals surface area contributed by atoms with Crippen molar-refractivity contribution in [2.75, 3.05) is 19.7 Å². The first-order chi connectivity index (χ1) is 13.9. The first kappa shape index (κ1) is 22.4. The first-order valence-electron chi connectivity index (χ1n) is 10.0.